The summed E-state index contributed by atoms with van der Waals surface area (Å²) in [6, 6.07) is 16.4. The van der Waals surface area contributed by atoms with Gasteiger partial charge in [0.25, 0.3) is 0 Å². The lowest BCUT2D eigenvalue weighted by atomic mass is 9.85. The summed E-state index contributed by atoms with van der Waals surface area (Å²) < 4.78 is 0. The summed E-state index contributed by atoms with van der Waals surface area (Å²) in [6.07, 6.45) is 1.84. The van der Waals surface area contributed by atoms with E-state index in [1.807, 2.05) is 30.3 Å². The van der Waals surface area contributed by atoms with Gasteiger partial charge >= 0.3 is 0 Å². The molecule has 1 aliphatic carbocycles. The molecule has 1 unspecified atom stereocenters. The largest absolute Gasteiger partial charge is 0.354 e. The summed E-state index contributed by atoms with van der Waals surface area (Å²) in [5.74, 6) is 0. The van der Waals surface area contributed by atoms with Gasteiger partial charge in [0.05, 0.1) is 11.6 Å². The fraction of sp³-hybridized carbons (Fsp3) is 0.167. The minimum Gasteiger partial charge on any atom is -0.354 e. The fourth-order valence-electron chi connectivity index (χ4n) is 3.41. The number of H-pyrrole nitrogens is 1. The molecule has 0 fully saturated rings. The third-order valence-electron chi connectivity index (χ3n) is 4.37. The van der Waals surface area contributed by atoms with E-state index in [4.69, 9.17) is 5.73 Å². The molecule has 3 N–H and O–H groups in total. The molecule has 0 spiro atoms. The van der Waals surface area contributed by atoms with E-state index in [1.165, 1.54) is 11.1 Å². The van der Waals surface area contributed by atoms with Gasteiger partial charge in [-0.15, -0.1) is 0 Å². The molecule has 1 aromatic heterocycles. The zero-order valence-electron chi connectivity index (χ0n) is 11.6. The molecular formula is C18H15N3. The predicted molar refractivity (Wildman–Crippen MR) is 83.7 cm³/mol. The molecule has 0 saturated heterocycles. The molecule has 4 rings (SSSR count). The molecule has 1 aliphatic rings. The highest BCUT2D eigenvalue weighted by molar-refractivity contribution is 5.95. The van der Waals surface area contributed by atoms with Crippen molar-refractivity contribution in [3.63, 3.8) is 0 Å². The molecule has 21 heavy (non-hydrogen) atoms. The number of nitriles is 1. The predicted octanol–water partition coefficient (Wildman–Crippen LogP) is 3.65. The van der Waals surface area contributed by atoms with Crippen molar-refractivity contribution in [1.29, 1.82) is 5.26 Å². The molecule has 1 heterocycles. The second-order valence-corrected chi connectivity index (χ2v) is 5.55. The lowest BCUT2D eigenvalue weighted by Gasteiger charge is -2.21. The number of aromatic nitrogens is 1. The minimum atomic E-state index is -0.0460. The van der Waals surface area contributed by atoms with Crippen LogP contribution in [0.3, 0.4) is 0 Å². The average molecular weight is 273 g/mol. The molecule has 0 radical (unpaired) electrons. The Morgan fingerprint density at radius 3 is 2.71 bits per heavy atom. The molecule has 0 saturated carbocycles. The van der Waals surface area contributed by atoms with E-state index < -0.39 is 0 Å². The van der Waals surface area contributed by atoms with Crippen molar-refractivity contribution in [3.8, 4) is 17.3 Å². The van der Waals surface area contributed by atoms with Gasteiger partial charge in [-0.2, -0.15) is 5.26 Å². The third-order valence-corrected chi connectivity index (χ3v) is 4.37. The maximum absolute atomic E-state index is 9.35. The monoisotopic (exact) mass is 273 g/mol. The highest BCUT2D eigenvalue weighted by Gasteiger charge is 2.26. The number of nitrogens with one attached hydrogen (secondary N) is 1. The number of hydrogen-bond donors (Lipinski definition) is 2. The fourth-order valence-corrected chi connectivity index (χ4v) is 3.41. The Labute approximate surface area is 123 Å². The molecular weight excluding hydrogens is 258 g/mol. The number of rotatable bonds is 1. The first-order chi connectivity index (χ1) is 10.3. The van der Waals surface area contributed by atoms with Gasteiger partial charge in [-0.3, -0.25) is 0 Å². The zero-order valence-corrected chi connectivity index (χ0v) is 11.6. The molecule has 1 atom stereocenters. The van der Waals surface area contributed by atoms with Crippen molar-refractivity contribution in [3.05, 3.63) is 59.2 Å². The van der Waals surface area contributed by atoms with Crippen LogP contribution in [0.1, 0.15) is 29.2 Å². The summed E-state index contributed by atoms with van der Waals surface area (Å²) in [7, 11) is 0. The van der Waals surface area contributed by atoms with Crippen molar-refractivity contribution in [1.82, 2.24) is 4.98 Å². The van der Waals surface area contributed by atoms with Crippen LogP contribution in [0.25, 0.3) is 22.2 Å². The smallest absolute Gasteiger partial charge is 0.0995 e. The number of benzene rings is 2. The van der Waals surface area contributed by atoms with Gasteiger partial charge in [0.1, 0.15) is 0 Å². The standard InChI is InChI=1S/C18H15N3/c19-10-12-6-9-15-17-13(7-8-14(20)16(12)17)18(21-15)11-4-2-1-3-5-11/h1-6,9,14,21H,7-8,20H2. The van der Waals surface area contributed by atoms with Crippen LogP contribution in [0.4, 0.5) is 0 Å². The summed E-state index contributed by atoms with van der Waals surface area (Å²) in [4.78, 5) is 3.52. The molecule has 0 amide bonds. The number of hydrogen-bond acceptors (Lipinski definition) is 2. The summed E-state index contributed by atoms with van der Waals surface area (Å²) in [5, 5.41) is 10.5. The number of aromatic amines is 1. The quantitative estimate of drug-likeness (QED) is 0.710. The molecule has 3 heteroatoms. The number of aryl methyl sites for hydroxylation is 1. The summed E-state index contributed by atoms with van der Waals surface area (Å²) >= 11 is 0. The second kappa shape index (κ2) is 4.47. The Balaban J connectivity index is 2.09. The summed E-state index contributed by atoms with van der Waals surface area (Å²) in [6.45, 7) is 0. The van der Waals surface area contributed by atoms with E-state index in [0.717, 1.165) is 35.0 Å². The van der Waals surface area contributed by atoms with Crippen LogP contribution in [0, 0.1) is 11.3 Å². The van der Waals surface area contributed by atoms with Gasteiger partial charge in [-0.1, -0.05) is 30.3 Å². The van der Waals surface area contributed by atoms with E-state index in [-0.39, 0.29) is 6.04 Å². The Morgan fingerprint density at radius 2 is 1.95 bits per heavy atom. The number of nitrogens with zero attached hydrogens (tertiary/aromatic N) is 1. The van der Waals surface area contributed by atoms with Crippen LogP contribution >= 0.6 is 0 Å². The molecule has 2 aromatic carbocycles. The van der Waals surface area contributed by atoms with Crippen molar-refractivity contribution < 1.29 is 0 Å². The van der Waals surface area contributed by atoms with Crippen LogP contribution in [0.2, 0.25) is 0 Å². The van der Waals surface area contributed by atoms with E-state index in [0.29, 0.717) is 5.56 Å². The zero-order chi connectivity index (χ0) is 14.4. The van der Waals surface area contributed by atoms with Crippen LogP contribution < -0.4 is 5.73 Å². The van der Waals surface area contributed by atoms with Gasteiger partial charge in [0, 0.05) is 22.6 Å². The normalized spacial score (nSPS) is 16.9. The van der Waals surface area contributed by atoms with Crippen LogP contribution in [-0.2, 0) is 6.42 Å². The van der Waals surface area contributed by atoms with Gasteiger partial charge < -0.3 is 10.7 Å². The Morgan fingerprint density at radius 1 is 1.14 bits per heavy atom. The lowest BCUT2D eigenvalue weighted by molar-refractivity contribution is 0.643. The summed E-state index contributed by atoms with van der Waals surface area (Å²) in [5.41, 5.74) is 12.7. The second-order valence-electron chi connectivity index (χ2n) is 5.55. The van der Waals surface area contributed by atoms with Gasteiger partial charge in [0.2, 0.25) is 0 Å². The maximum atomic E-state index is 9.35. The van der Waals surface area contributed by atoms with Crippen molar-refractivity contribution in [2.75, 3.05) is 0 Å². The first-order valence-electron chi connectivity index (χ1n) is 7.18. The van der Waals surface area contributed by atoms with Crippen LogP contribution in [-0.4, -0.2) is 4.98 Å². The van der Waals surface area contributed by atoms with E-state index in [1.54, 1.807) is 0 Å². The maximum Gasteiger partial charge on any atom is 0.0995 e. The van der Waals surface area contributed by atoms with Gasteiger partial charge in [-0.25, -0.2) is 0 Å². The van der Waals surface area contributed by atoms with E-state index in [9.17, 15) is 5.26 Å². The average Bonchev–Trinajstić information content (AvgIpc) is 2.91. The number of nitrogens with two attached hydrogens (primary N) is 1. The van der Waals surface area contributed by atoms with Crippen molar-refractivity contribution >= 4 is 10.9 Å². The van der Waals surface area contributed by atoms with Crippen LogP contribution in [0.5, 0.6) is 0 Å². The minimum absolute atomic E-state index is 0.0460. The first-order valence-corrected chi connectivity index (χ1v) is 7.18. The topological polar surface area (TPSA) is 65.6 Å². The SMILES string of the molecule is N#Cc1ccc2[nH]c(-c3ccccc3)c3c2c1C(N)CC3. The molecule has 3 nitrogen and oxygen atoms in total. The van der Waals surface area contributed by atoms with Gasteiger partial charge in [0.15, 0.2) is 0 Å². The molecule has 3 aromatic rings. The Kier molecular flexibility index (Phi) is 2.60. The van der Waals surface area contributed by atoms with E-state index in [2.05, 4.69) is 23.2 Å². The Bertz CT molecular complexity index is 869. The highest BCUT2D eigenvalue weighted by atomic mass is 14.7. The molecule has 102 valence electrons. The van der Waals surface area contributed by atoms with Crippen molar-refractivity contribution in [2.45, 2.75) is 18.9 Å². The van der Waals surface area contributed by atoms with Crippen molar-refractivity contribution in [2.24, 2.45) is 5.73 Å². The Hall–Kier alpha value is -2.57. The highest BCUT2D eigenvalue weighted by Crippen LogP contribution is 2.41. The van der Waals surface area contributed by atoms with Crippen LogP contribution in [0.15, 0.2) is 42.5 Å². The molecule has 0 aliphatic heterocycles. The first kappa shape index (κ1) is 12.2. The van der Waals surface area contributed by atoms with Gasteiger partial charge in [-0.05, 0) is 41.7 Å². The third kappa shape index (κ3) is 1.70. The lowest BCUT2D eigenvalue weighted by Crippen LogP contribution is -2.17. The van der Waals surface area contributed by atoms with E-state index >= 15 is 0 Å². The molecule has 0 bridgehead atoms.